The minimum atomic E-state index is -4.67. The summed E-state index contributed by atoms with van der Waals surface area (Å²) in [6.07, 6.45) is -2.36. The minimum Gasteiger partial charge on any atom is -0.406 e. The van der Waals surface area contributed by atoms with Gasteiger partial charge in [0.15, 0.2) is 0 Å². The Morgan fingerprint density at radius 2 is 2.00 bits per heavy atom. The summed E-state index contributed by atoms with van der Waals surface area (Å²) in [5, 5.41) is 3.28. The summed E-state index contributed by atoms with van der Waals surface area (Å²) in [7, 11) is 0. The molecule has 0 saturated carbocycles. The van der Waals surface area contributed by atoms with E-state index in [1.54, 1.807) is 18.3 Å². The smallest absolute Gasteiger partial charge is 0.406 e. The van der Waals surface area contributed by atoms with E-state index in [0.717, 1.165) is 29.5 Å². The molecule has 1 N–H and O–H groups in total. The van der Waals surface area contributed by atoms with Crippen molar-refractivity contribution < 1.29 is 17.9 Å². The van der Waals surface area contributed by atoms with Crippen LogP contribution in [0.15, 0.2) is 30.5 Å². The Hall–Kier alpha value is -1.67. The highest BCUT2D eigenvalue weighted by Gasteiger charge is 2.31. The third-order valence-electron chi connectivity index (χ3n) is 2.78. The Kier molecular flexibility index (Phi) is 5.13. The highest BCUT2D eigenvalue weighted by Crippen LogP contribution is 2.24. The zero-order chi connectivity index (χ0) is 15.3. The van der Waals surface area contributed by atoms with Crippen LogP contribution in [0.1, 0.15) is 24.2 Å². The van der Waals surface area contributed by atoms with E-state index in [1.807, 2.05) is 6.92 Å². The number of benzene rings is 1. The monoisotopic (exact) mass is 317 g/mol. The first-order chi connectivity index (χ1) is 9.98. The van der Waals surface area contributed by atoms with Gasteiger partial charge in [-0.25, -0.2) is 0 Å². The van der Waals surface area contributed by atoms with Gasteiger partial charge in [0.2, 0.25) is 0 Å². The molecule has 1 heterocycles. The number of rotatable bonds is 6. The quantitative estimate of drug-likeness (QED) is 0.888. The van der Waals surface area contributed by atoms with Gasteiger partial charge in [-0.1, -0.05) is 19.1 Å². The van der Waals surface area contributed by atoms with Crippen molar-refractivity contribution >= 4 is 11.7 Å². The number of alkyl halides is 3. The second kappa shape index (κ2) is 6.86. The maximum atomic E-state index is 12.1. The fourth-order valence-electron chi connectivity index (χ4n) is 1.92. The van der Waals surface area contributed by atoms with E-state index in [4.69, 9.17) is 0 Å². The highest BCUT2D eigenvalue weighted by molar-refractivity contribution is 6.99. The fraction of sp³-hybridized carbons (Fsp3) is 0.385. The first-order valence-electron chi connectivity index (χ1n) is 6.33. The van der Waals surface area contributed by atoms with Gasteiger partial charge in [0.1, 0.15) is 5.75 Å². The summed E-state index contributed by atoms with van der Waals surface area (Å²) >= 11 is 1.13. The highest BCUT2D eigenvalue weighted by atomic mass is 32.1. The molecule has 0 aliphatic heterocycles. The average molecular weight is 317 g/mol. The summed E-state index contributed by atoms with van der Waals surface area (Å²) in [6, 6.07) is 5.84. The van der Waals surface area contributed by atoms with E-state index in [-0.39, 0.29) is 11.8 Å². The number of likely N-dealkylation sites (N-methyl/N-ethyl adjacent to an activating group) is 1. The molecule has 1 atom stereocenters. The van der Waals surface area contributed by atoms with Gasteiger partial charge in [0.25, 0.3) is 0 Å². The van der Waals surface area contributed by atoms with Crippen molar-refractivity contribution in [1.82, 2.24) is 14.1 Å². The van der Waals surface area contributed by atoms with E-state index in [1.165, 1.54) is 12.1 Å². The van der Waals surface area contributed by atoms with Crippen LogP contribution in [0.3, 0.4) is 0 Å². The normalized spacial score (nSPS) is 13.1. The predicted molar refractivity (Wildman–Crippen MR) is 73.2 cm³/mol. The largest absolute Gasteiger partial charge is 0.573 e. The van der Waals surface area contributed by atoms with Crippen LogP contribution in [0.5, 0.6) is 5.75 Å². The second-order valence-electron chi connectivity index (χ2n) is 4.34. The van der Waals surface area contributed by atoms with Crippen LogP contribution in [-0.4, -0.2) is 21.7 Å². The zero-order valence-electron chi connectivity index (χ0n) is 11.2. The Morgan fingerprint density at radius 1 is 1.29 bits per heavy atom. The molecule has 21 heavy (non-hydrogen) atoms. The molecular formula is C13H14F3N3OS. The standard InChI is InChI=1S/C13H14F3N3OS/c1-2-17-11(12-8-18-21-19-12)7-9-3-5-10(6-4-9)20-13(14,15)16/h3-6,8,11,17H,2,7H2,1H3. The second-order valence-corrected chi connectivity index (χ2v) is 4.90. The maximum absolute atomic E-state index is 12.1. The summed E-state index contributed by atoms with van der Waals surface area (Å²) in [6.45, 7) is 2.74. The molecule has 0 saturated heterocycles. The lowest BCUT2D eigenvalue weighted by Gasteiger charge is -2.15. The number of halogens is 3. The van der Waals surface area contributed by atoms with Gasteiger partial charge in [-0.05, 0) is 30.7 Å². The molecule has 1 aromatic carbocycles. The molecule has 0 fully saturated rings. The molecule has 0 bridgehead atoms. The van der Waals surface area contributed by atoms with Crippen molar-refractivity contribution in [2.24, 2.45) is 0 Å². The van der Waals surface area contributed by atoms with Gasteiger partial charge < -0.3 is 10.1 Å². The third kappa shape index (κ3) is 4.98. The van der Waals surface area contributed by atoms with Gasteiger partial charge in [-0.2, -0.15) is 8.75 Å². The molecule has 0 aliphatic rings. The molecule has 0 aliphatic carbocycles. The number of nitrogens with zero attached hydrogens (tertiary/aromatic N) is 2. The van der Waals surface area contributed by atoms with Crippen molar-refractivity contribution in [3.8, 4) is 5.75 Å². The Bertz CT molecular complexity index is 543. The van der Waals surface area contributed by atoms with Crippen LogP contribution in [0, 0.1) is 0 Å². The Morgan fingerprint density at radius 3 is 2.52 bits per heavy atom. The first kappa shape index (κ1) is 15.7. The minimum absolute atomic E-state index is 0.0110. The summed E-state index contributed by atoms with van der Waals surface area (Å²) in [5.74, 6) is -0.221. The molecule has 1 aromatic heterocycles. The number of hydrogen-bond donors (Lipinski definition) is 1. The summed E-state index contributed by atoms with van der Waals surface area (Å²) in [4.78, 5) is 0. The fourth-order valence-corrected chi connectivity index (χ4v) is 2.39. The lowest BCUT2D eigenvalue weighted by atomic mass is 10.0. The molecule has 114 valence electrons. The molecule has 0 spiro atoms. The van der Waals surface area contributed by atoms with Crippen LogP contribution in [0.2, 0.25) is 0 Å². The molecule has 2 aromatic rings. The van der Waals surface area contributed by atoms with Crippen molar-refractivity contribution in [3.63, 3.8) is 0 Å². The number of hydrogen-bond acceptors (Lipinski definition) is 5. The van der Waals surface area contributed by atoms with Crippen molar-refractivity contribution in [2.75, 3.05) is 6.54 Å². The van der Waals surface area contributed by atoms with Crippen LogP contribution >= 0.6 is 11.7 Å². The van der Waals surface area contributed by atoms with E-state index in [0.29, 0.717) is 6.42 Å². The van der Waals surface area contributed by atoms with Crippen molar-refractivity contribution in [1.29, 1.82) is 0 Å². The number of nitrogens with one attached hydrogen (secondary N) is 1. The lowest BCUT2D eigenvalue weighted by molar-refractivity contribution is -0.274. The van der Waals surface area contributed by atoms with Gasteiger partial charge in [-0.3, -0.25) is 0 Å². The molecule has 4 nitrogen and oxygen atoms in total. The van der Waals surface area contributed by atoms with E-state index < -0.39 is 6.36 Å². The average Bonchev–Trinajstić information content (AvgIpc) is 2.92. The SMILES string of the molecule is CCNC(Cc1ccc(OC(F)(F)F)cc1)c1cnsn1. The first-order valence-corrected chi connectivity index (χ1v) is 7.06. The summed E-state index contributed by atoms with van der Waals surface area (Å²) < 4.78 is 48.3. The van der Waals surface area contributed by atoms with Crippen molar-refractivity contribution in [2.45, 2.75) is 25.7 Å². The van der Waals surface area contributed by atoms with Gasteiger partial charge in [0.05, 0.1) is 29.7 Å². The van der Waals surface area contributed by atoms with E-state index >= 15 is 0 Å². The predicted octanol–water partition coefficient (Wildman–Crippen LogP) is 3.33. The summed E-state index contributed by atoms with van der Waals surface area (Å²) in [5.41, 5.74) is 1.72. The zero-order valence-corrected chi connectivity index (χ0v) is 12.0. The van der Waals surface area contributed by atoms with Gasteiger partial charge >= 0.3 is 6.36 Å². The number of aromatic nitrogens is 2. The van der Waals surface area contributed by atoms with E-state index in [9.17, 15) is 13.2 Å². The van der Waals surface area contributed by atoms with Crippen LogP contribution in [0.25, 0.3) is 0 Å². The molecule has 0 amide bonds. The Balaban J connectivity index is 2.04. The topological polar surface area (TPSA) is 47.0 Å². The van der Waals surface area contributed by atoms with Crippen LogP contribution in [0.4, 0.5) is 13.2 Å². The molecule has 1 unspecified atom stereocenters. The van der Waals surface area contributed by atoms with Crippen LogP contribution in [-0.2, 0) is 6.42 Å². The third-order valence-corrected chi connectivity index (χ3v) is 3.27. The van der Waals surface area contributed by atoms with Gasteiger partial charge in [-0.15, -0.1) is 13.2 Å². The molecule has 8 heteroatoms. The van der Waals surface area contributed by atoms with Crippen LogP contribution < -0.4 is 10.1 Å². The maximum Gasteiger partial charge on any atom is 0.573 e. The molecule has 0 radical (unpaired) electrons. The van der Waals surface area contributed by atoms with E-state index in [2.05, 4.69) is 18.8 Å². The van der Waals surface area contributed by atoms with Crippen molar-refractivity contribution in [3.05, 3.63) is 41.7 Å². The lowest BCUT2D eigenvalue weighted by Crippen LogP contribution is -2.23. The van der Waals surface area contributed by atoms with Gasteiger partial charge in [0, 0.05) is 0 Å². The number of ether oxygens (including phenoxy) is 1. The molecule has 2 rings (SSSR count). The molecular weight excluding hydrogens is 303 g/mol. The Labute approximate surface area is 124 Å².